The third-order valence-corrected chi connectivity index (χ3v) is 4.84. The van der Waals surface area contributed by atoms with Crippen LogP contribution in [0.5, 0.6) is 5.75 Å². The molecule has 0 spiro atoms. The van der Waals surface area contributed by atoms with Gasteiger partial charge in [0.15, 0.2) is 0 Å². The molecule has 0 aliphatic carbocycles. The third-order valence-electron chi connectivity index (χ3n) is 4.29. The molecule has 0 saturated heterocycles. The Morgan fingerprint density at radius 2 is 1.93 bits per heavy atom. The summed E-state index contributed by atoms with van der Waals surface area (Å²) in [6.45, 7) is -0.0498. The molecule has 11 heteroatoms. The molecule has 1 N–H and O–H groups in total. The number of hydrogen-bond acceptors (Lipinski definition) is 4. The number of aliphatic hydroxyl groups is 1. The second kappa shape index (κ2) is 8.79. The first-order valence-electron chi connectivity index (χ1n) is 8.49. The first kappa shape index (κ1) is 22.3. The van der Waals surface area contributed by atoms with Crippen molar-refractivity contribution in [3.63, 3.8) is 0 Å². The summed E-state index contributed by atoms with van der Waals surface area (Å²) in [4.78, 5) is 12.7. The molecular formula is C19H14Cl2F4N2O3. The average Bonchev–Trinajstić information content (AvgIpc) is 3.08. The fraction of sp³-hybridized carbons (Fsp3) is 0.263. The van der Waals surface area contributed by atoms with E-state index in [9.17, 15) is 27.5 Å². The number of halogens is 6. The van der Waals surface area contributed by atoms with Gasteiger partial charge in [-0.1, -0.05) is 35.3 Å². The van der Waals surface area contributed by atoms with Crippen molar-refractivity contribution in [2.75, 3.05) is 0 Å². The predicted octanol–water partition coefficient (Wildman–Crippen LogP) is 4.99. The summed E-state index contributed by atoms with van der Waals surface area (Å²) in [5.41, 5.74) is -3.84. The summed E-state index contributed by atoms with van der Waals surface area (Å²) < 4.78 is 58.1. The third kappa shape index (κ3) is 4.53. The number of alkyl halides is 4. The van der Waals surface area contributed by atoms with Crippen molar-refractivity contribution in [2.45, 2.75) is 31.6 Å². The maximum atomic E-state index is 13.3. The van der Waals surface area contributed by atoms with Crippen LogP contribution in [0.4, 0.5) is 17.6 Å². The summed E-state index contributed by atoms with van der Waals surface area (Å²) >= 11 is 11.9. The van der Waals surface area contributed by atoms with Crippen LogP contribution in [-0.4, -0.2) is 40.3 Å². The average molecular weight is 465 g/mol. The molecule has 30 heavy (non-hydrogen) atoms. The molecule has 2 aromatic rings. The Hall–Kier alpha value is -2.36. The highest BCUT2D eigenvalue weighted by atomic mass is 35.5. The normalized spacial score (nSPS) is 18.8. The number of carbonyl (C=O) groups excluding carboxylic acids is 1. The first-order valence-corrected chi connectivity index (χ1v) is 9.25. The number of ether oxygens (including phenoxy) is 1. The van der Waals surface area contributed by atoms with Crippen molar-refractivity contribution in [2.24, 2.45) is 5.10 Å². The Kier molecular flexibility index (Phi) is 6.54. The van der Waals surface area contributed by atoms with Crippen molar-refractivity contribution in [1.82, 2.24) is 5.01 Å². The fourth-order valence-corrected chi connectivity index (χ4v) is 3.10. The van der Waals surface area contributed by atoms with Crippen LogP contribution in [-0.2, 0) is 6.61 Å². The summed E-state index contributed by atoms with van der Waals surface area (Å²) in [7, 11) is 0. The van der Waals surface area contributed by atoms with Crippen LogP contribution < -0.4 is 4.74 Å². The van der Waals surface area contributed by atoms with Crippen molar-refractivity contribution < 1.29 is 32.2 Å². The monoisotopic (exact) mass is 464 g/mol. The van der Waals surface area contributed by atoms with E-state index in [-0.39, 0.29) is 17.2 Å². The van der Waals surface area contributed by atoms with Crippen LogP contribution in [0.25, 0.3) is 0 Å². The molecule has 1 amide bonds. The Morgan fingerprint density at radius 1 is 1.20 bits per heavy atom. The molecule has 1 heterocycles. The van der Waals surface area contributed by atoms with Gasteiger partial charge in [0.25, 0.3) is 18.8 Å². The van der Waals surface area contributed by atoms with Gasteiger partial charge in [0.2, 0.25) is 5.72 Å². The Balaban J connectivity index is 1.82. The molecule has 1 atom stereocenters. The first-order chi connectivity index (χ1) is 14.1. The SMILES string of the molecule is O=C(c1cccc(COc2cc(Cl)ccc2Cl)c1)N1N=C(C(F)F)CC1(O)C(F)F. The largest absolute Gasteiger partial charge is 0.487 e. The minimum Gasteiger partial charge on any atom is -0.487 e. The van der Waals surface area contributed by atoms with Crippen LogP contribution in [0.3, 0.4) is 0 Å². The van der Waals surface area contributed by atoms with Crippen molar-refractivity contribution >= 4 is 34.8 Å². The molecule has 0 aromatic heterocycles. The standard InChI is InChI=1S/C19H14Cl2F4N2O3/c20-12-4-5-13(21)15(7-12)30-9-10-2-1-3-11(6-10)17(28)27-19(29,18(24)25)8-14(26-27)16(22)23/h1-7,16,18,29H,8-9H2. The summed E-state index contributed by atoms with van der Waals surface area (Å²) in [6, 6.07) is 10.2. The molecule has 3 rings (SSSR count). The minimum absolute atomic E-state index is 0.00691. The zero-order chi connectivity index (χ0) is 22.1. The van der Waals surface area contributed by atoms with E-state index in [1.54, 1.807) is 12.1 Å². The Bertz CT molecular complexity index is 990. The lowest BCUT2D eigenvalue weighted by molar-refractivity contribution is -0.164. The molecule has 160 valence electrons. The smallest absolute Gasteiger partial charge is 0.287 e. The summed E-state index contributed by atoms with van der Waals surface area (Å²) in [6.07, 6.45) is -7.84. The zero-order valence-electron chi connectivity index (χ0n) is 15.0. The number of hydrazone groups is 1. The van der Waals surface area contributed by atoms with Crippen molar-refractivity contribution in [1.29, 1.82) is 0 Å². The van der Waals surface area contributed by atoms with Crippen LogP contribution in [0, 0.1) is 0 Å². The number of amides is 1. The highest BCUT2D eigenvalue weighted by molar-refractivity contribution is 6.34. The van der Waals surface area contributed by atoms with Crippen LogP contribution in [0.1, 0.15) is 22.3 Å². The second-order valence-electron chi connectivity index (χ2n) is 6.43. The molecule has 0 radical (unpaired) electrons. The maximum absolute atomic E-state index is 13.3. The Labute approximate surface area is 178 Å². The highest BCUT2D eigenvalue weighted by Crippen LogP contribution is 2.34. The predicted molar refractivity (Wildman–Crippen MR) is 102 cm³/mol. The zero-order valence-corrected chi connectivity index (χ0v) is 16.5. The van der Waals surface area contributed by atoms with Crippen LogP contribution in [0.15, 0.2) is 47.6 Å². The number of rotatable bonds is 6. The topological polar surface area (TPSA) is 62.1 Å². The molecule has 1 aliphatic rings. The van der Waals surface area contributed by atoms with E-state index >= 15 is 0 Å². The lowest BCUT2D eigenvalue weighted by Crippen LogP contribution is -2.51. The van der Waals surface area contributed by atoms with Gasteiger partial charge in [-0.3, -0.25) is 4.79 Å². The van der Waals surface area contributed by atoms with Gasteiger partial charge in [-0.05, 0) is 29.8 Å². The summed E-state index contributed by atoms with van der Waals surface area (Å²) in [5, 5.41) is 14.1. The second-order valence-corrected chi connectivity index (χ2v) is 7.27. The van der Waals surface area contributed by atoms with Gasteiger partial charge in [0, 0.05) is 23.1 Å². The Morgan fingerprint density at radius 3 is 2.60 bits per heavy atom. The maximum Gasteiger partial charge on any atom is 0.287 e. The van der Waals surface area contributed by atoms with Gasteiger partial charge in [-0.25, -0.2) is 17.6 Å². The number of nitrogens with zero attached hydrogens (tertiary/aromatic N) is 2. The van der Waals surface area contributed by atoms with E-state index < -0.39 is 36.6 Å². The van der Waals surface area contributed by atoms with Gasteiger partial charge in [0.1, 0.15) is 18.1 Å². The van der Waals surface area contributed by atoms with E-state index in [1.807, 2.05) is 0 Å². The van der Waals surface area contributed by atoms with E-state index in [1.165, 1.54) is 30.3 Å². The van der Waals surface area contributed by atoms with Crippen LogP contribution >= 0.6 is 23.2 Å². The fourth-order valence-electron chi connectivity index (χ4n) is 2.77. The van der Waals surface area contributed by atoms with Crippen molar-refractivity contribution in [3.8, 4) is 5.75 Å². The quantitative estimate of drug-likeness (QED) is 0.612. The van der Waals surface area contributed by atoms with E-state index in [0.29, 0.717) is 21.4 Å². The lowest BCUT2D eigenvalue weighted by Gasteiger charge is -2.30. The minimum atomic E-state index is -3.50. The molecule has 1 aliphatic heterocycles. The van der Waals surface area contributed by atoms with Gasteiger partial charge in [-0.15, -0.1) is 0 Å². The molecule has 5 nitrogen and oxygen atoms in total. The van der Waals surface area contributed by atoms with E-state index in [2.05, 4.69) is 5.10 Å². The molecule has 0 bridgehead atoms. The summed E-state index contributed by atoms with van der Waals surface area (Å²) in [5.74, 6) is -0.866. The highest BCUT2D eigenvalue weighted by Gasteiger charge is 2.53. The van der Waals surface area contributed by atoms with Gasteiger partial charge in [0.05, 0.1) is 5.02 Å². The number of benzene rings is 2. The van der Waals surface area contributed by atoms with Gasteiger partial charge >= 0.3 is 0 Å². The van der Waals surface area contributed by atoms with E-state index in [0.717, 1.165) is 0 Å². The molecular weight excluding hydrogens is 451 g/mol. The van der Waals surface area contributed by atoms with Gasteiger partial charge in [-0.2, -0.15) is 10.1 Å². The van der Waals surface area contributed by atoms with Crippen molar-refractivity contribution in [3.05, 3.63) is 63.6 Å². The molecule has 0 fully saturated rings. The van der Waals surface area contributed by atoms with E-state index in [4.69, 9.17) is 27.9 Å². The van der Waals surface area contributed by atoms with Crippen LogP contribution in [0.2, 0.25) is 10.0 Å². The number of hydrogen-bond donors (Lipinski definition) is 1. The molecule has 2 aromatic carbocycles. The number of carbonyl (C=O) groups is 1. The van der Waals surface area contributed by atoms with Gasteiger partial charge < -0.3 is 9.84 Å². The molecule has 0 saturated carbocycles. The molecule has 1 unspecified atom stereocenters. The lowest BCUT2D eigenvalue weighted by atomic mass is 10.1.